The quantitative estimate of drug-likeness (QED) is 0.610. The molecule has 0 spiro atoms. The molecule has 1 aliphatic rings. The van der Waals surface area contributed by atoms with Crippen LogP contribution < -0.4 is 0 Å². The number of ether oxygens (including phenoxy) is 1. The topological polar surface area (TPSA) is 46.5 Å². The molecule has 0 heterocycles. The normalized spacial score (nSPS) is 26.1. The van der Waals surface area contributed by atoms with Crippen LogP contribution in [0, 0.1) is 11.8 Å². The van der Waals surface area contributed by atoms with Gasteiger partial charge in [-0.2, -0.15) is 0 Å². The molecule has 0 aromatic carbocycles. The van der Waals surface area contributed by atoms with Crippen molar-refractivity contribution in [2.75, 3.05) is 7.11 Å². The van der Waals surface area contributed by atoms with Crippen LogP contribution in [0.3, 0.4) is 0 Å². The fourth-order valence-electron chi connectivity index (χ4n) is 2.23. The van der Waals surface area contributed by atoms with Crippen LogP contribution in [0.1, 0.15) is 33.1 Å². The molecular formula is C12H24O3Si. The first kappa shape index (κ1) is 13.7. The Kier molecular flexibility index (Phi) is 3.85. The van der Waals surface area contributed by atoms with Crippen molar-refractivity contribution < 1.29 is 14.3 Å². The van der Waals surface area contributed by atoms with Gasteiger partial charge in [0.05, 0.1) is 13.0 Å². The number of esters is 1. The summed E-state index contributed by atoms with van der Waals surface area (Å²) < 4.78 is 4.72. The zero-order valence-electron chi connectivity index (χ0n) is 11.0. The summed E-state index contributed by atoms with van der Waals surface area (Å²) in [7, 11) is -0.656. The molecule has 1 fully saturated rings. The summed E-state index contributed by atoms with van der Waals surface area (Å²) >= 11 is 0. The van der Waals surface area contributed by atoms with Crippen molar-refractivity contribution >= 4 is 14.3 Å². The maximum Gasteiger partial charge on any atom is 0.308 e. The van der Waals surface area contributed by atoms with Gasteiger partial charge in [-0.05, 0) is 43.3 Å². The fourth-order valence-corrected chi connectivity index (χ4v) is 3.02. The highest BCUT2D eigenvalue weighted by atomic mass is 28.4. The lowest BCUT2D eigenvalue weighted by molar-refractivity contribution is -0.150. The van der Waals surface area contributed by atoms with Crippen molar-refractivity contribution in [1.82, 2.24) is 0 Å². The summed E-state index contributed by atoms with van der Waals surface area (Å²) in [5, 5.41) is 0.0265. The zero-order chi connectivity index (χ0) is 12.6. The second-order valence-electron chi connectivity index (χ2n) is 6.20. The van der Waals surface area contributed by atoms with E-state index < -0.39 is 8.32 Å². The lowest BCUT2D eigenvalue weighted by Crippen LogP contribution is -2.42. The van der Waals surface area contributed by atoms with Crippen LogP contribution in [-0.4, -0.2) is 26.2 Å². The van der Waals surface area contributed by atoms with E-state index >= 15 is 0 Å². The van der Waals surface area contributed by atoms with Crippen molar-refractivity contribution in [2.45, 2.75) is 51.2 Å². The molecule has 0 unspecified atom stereocenters. The van der Waals surface area contributed by atoms with Crippen LogP contribution in [0.25, 0.3) is 0 Å². The van der Waals surface area contributed by atoms with E-state index in [0.717, 1.165) is 19.3 Å². The molecule has 0 bridgehead atoms. The van der Waals surface area contributed by atoms with Crippen molar-refractivity contribution in [3.05, 3.63) is 0 Å². The van der Waals surface area contributed by atoms with Gasteiger partial charge in [0.1, 0.15) is 0 Å². The Morgan fingerprint density at radius 1 is 1.44 bits per heavy atom. The molecule has 0 atom stereocenters. The van der Waals surface area contributed by atoms with Gasteiger partial charge < -0.3 is 9.53 Å². The predicted octanol–water partition coefficient (Wildman–Crippen LogP) is 2.55. The number of hydrogen-bond donors (Lipinski definition) is 1. The van der Waals surface area contributed by atoms with E-state index in [-0.39, 0.29) is 16.9 Å². The molecule has 0 aliphatic heterocycles. The minimum Gasteiger partial charge on any atom is -0.469 e. The van der Waals surface area contributed by atoms with Crippen LogP contribution in [-0.2, 0) is 9.53 Å². The van der Waals surface area contributed by atoms with Gasteiger partial charge >= 0.3 is 5.97 Å². The summed E-state index contributed by atoms with van der Waals surface area (Å²) in [5.74, 6) is 0.613. The van der Waals surface area contributed by atoms with Gasteiger partial charge in [-0.15, -0.1) is 0 Å². The van der Waals surface area contributed by atoms with Crippen molar-refractivity contribution in [1.29, 1.82) is 0 Å². The fraction of sp³-hybridized carbons (Fsp3) is 0.917. The van der Waals surface area contributed by atoms with Crippen LogP contribution in [0.2, 0.25) is 18.1 Å². The van der Waals surface area contributed by atoms with E-state index in [0.29, 0.717) is 5.92 Å². The van der Waals surface area contributed by atoms with Gasteiger partial charge in [-0.25, -0.2) is 0 Å². The van der Waals surface area contributed by atoms with Crippen molar-refractivity contribution in [2.24, 2.45) is 11.8 Å². The maximum atomic E-state index is 11.2. The Hall–Kier alpha value is -0.353. The Morgan fingerprint density at radius 2 is 1.94 bits per heavy atom. The first-order chi connectivity index (χ1) is 7.17. The Labute approximate surface area is 99.3 Å². The number of carbonyl (C=O) groups is 1. The molecule has 1 rings (SSSR count). The van der Waals surface area contributed by atoms with Gasteiger partial charge in [0.25, 0.3) is 0 Å². The van der Waals surface area contributed by atoms with Crippen molar-refractivity contribution in [3.8, 4) is 0 Å². The number of carbonyl (C=O) groups excluding carboxylic acids is 1. The molecule has 0 amide bonds. The van der Waals surface area contributed by atoms with Crippen LogP contribution in [0.5, 0.6) is 0 Å². The van der Waals surface area contributed by atoms with Gasteiger partial charge in [0.2, 0.25) is 0 Å². The molecule has 0 aromatic heterocycles. The van der Waals surface area contributed by atoms with Gasteiger partial charge in [0.15, 0.2) is 8.32 Å². The average molecular weight is 244 g/mol. The highest BCUT2D eigenvalue weighted by Crippen LogP contribution is 2.48. The number of hydrogen-bond acceptors (Lipinski definition) is 3. The number of methoxy groups -OCH3 is 1. The molecular weight excluding hydrogens is 220 g/mol. The largest absolute Gasteiger partial charge is 0.469 e. The van der Waals surface area contributed by atoms with E-state index in [1.54, 1.807) is 0 Å². The summed E-state index contributed by atoms with van der Waals surface area (Å²) in [6.45, 7) is 8.27. The molecule has 1 N–H and O–H groups in total. The maximum absolute atomic E-state index is 11.2. The summed E-state index contributed by atoms with van der Waals surface area (Å²) in [6.07, 6.45) is 2.89. The van der Waals surface area contributed by atoms with E-state index in [2.05, 4.69) is 13.8 Å². The molecule has 1 aliphatic carbocycles. The molecule has 3 nitrogen and oxygen atoms in total. The monoisotopic (exact) mass is 244 g/mol. The van der Waals surface area contributed by atoms with Gasteiger partial charge in [-0.1, -0.05) is 13.8 Å². The summed E-state index contributed by atoms with van der Waals surface area (Å²) in [4.78, 5) is 21.4. The second kappa shape index (κ2) is 4.49. The van der Waals surface area contributed by atoms with Crippen LogP contribution in [0.15, 0.2) is 0 Å². The SMILES string of the molecule is COC(=O)C1CC(CC(C)(C)[Si](C)(C)O)C1. The van der Waals surface area contributed by atoms with E-state index in [1.807, 2.05) is 13.1 Å². The van der Waals surface area contributed by atoms with Crippen molar-refractivity contribution in [3.63, 3.8) is 0 Å². The third-order valence-electron chi connectivity index (χ3n) is 4.23. The third kappa shape index (κ3) is 2.86. The predicted molar refractivity (Wildman–Crippen MR) is 66.6 cm³/mol. The van der Waals surface area contributed by atoms with Gasteiger partial charge in [0, 0.05) is 0 Å². The Bertz CT molecular complexity index is 262. The Morgan fingerprint density at radius 3 is 2.31 bits per heavy atom. The smallest absolute Gasteiger partial charge is 0.308 e. The third-order valence-corrected chi connectivity index (χ3v) is 7.74. The lowest BCUT2D eigenvalue weighted by Gasteiger charge is -2.42. The molecule has 1 saturated carbocycles. The molecule has 94 valence electrons. The average Bonchev–Trinajstić information content (AvgIpc) is 2.07. The standard InChI is InChI=1S/C12H24O3Si/c1-12(2,16(4,5)14)8-9-6-10(7-9)11(13)15-3/h9-10,14H,6-8H2,1-5H3. The Balaban J connectivity index is 2.40. The minimum atomic E-state index is -2.10. The lowest BCUT2D eigenvalue weighted by atomic mass is 9.71. The zero-order valence-corrected chi connectivity index (χ0v) is 12.0. The van der Waals surface area contributed by atoms with E-state index in [4.69, 9.17) is 4.74 Å². The summed E-state index contributed by atoms with van der Waals surface area (Å²) in [5.41, 5.74) is 0. The van der Waals surface area contributed by atoms with E-state index in [9.17, 15) is 9.59 Å². The van der Waals surface area contributed by atoms with Crippen LogP contribution >= 0.6 is 0 Å². The minimum absolute atomic E-state index is 0.0265. The van der Waals surface area contributed by atoms with Gasteiger partial charge in [-0.3, -0.25) is 4.79 Å². The molecule has 16 heavy (non-hydrogen) atoms. The second-order valence-corrected chi connectivity index (χ2v) is 10.7. The molecule has 0 aromatic rings. The highest BCUT2D eigenvalue weighted by molar-refractivity contribution is 6.72. The molecule has 0 saturated heterocycles. The summed E-state index contributed by atoms with van der Waals surface area (Å²) in [6, 6.07) is 0. The molecule has 4 heteroatoms. The highest BCUT2D eigenvalue weighted by Gasteiger charge is 2.44. The number of rotatable bonds is 4. The van der Waals surface area contributed by atoms with E-state index in [1.165, 1.54) is 7.11 Å². The molecule has 0 radical (unpaired) electrons. The first-order valence-corrected chi connectivity index (χ1v) is 8.92. The van der Waals surface area contributed by atoms with Crippen LogP contribution in [0.4, 0.5) is 0 Å². The first-order valence-electron chi connectivity index (χ1n) is 5.97.